The highest BCUT2D eigenvalue weighted by Gasteiger charge is 2.22. The minimum atomic E-state index is 0.135. The maximum Gasteiger partial charge on any atom is 0.221 e. The van der Waals surface area contributed by atoms with E-state index in [0.29, 0.717) is 18.9 Å². The van der Waals surface area contributed by atoms with E-state index in [1.807, 2.05) is 11.9 Å². The van der Waals surface area contributed by atoms with Crippen LogP contribution in [-0.4, -0.2) is 37.0 Å². The Kier molecular flexibility index (Phi) is 4.41. The lowest BCUT2D eigenvalue weighted by Gasteiger charge is -2.13. The van der Waals surface area contributed by atoms with Crippen LogP contribution in [0.3, 0.4) is 0 Å². The molecule has 4 nitrogen and oxygen atoms in total. The second-order valence-electron chi connectivity index (χ2n) is 3.80. The number of nitrogens with one attached hydrogen (secondary N) is 1. The van der Waals surface area contributed by atoms with Gasteiger partial charge < -0.3 is 10.2 Å². The molecule has 1 aliphatic rings. The highest BCUT2D eigenvalue weighted by atomic mass is 16.1. The fourth-order valence-electron chi connectivity index (χ4n) is 1.17. The molecule has 0 aromatic rings. The van der Waals surface area contributed by atoms with Crippen LogP contribution in [0, 0.1) is 11.3 Å². The van der Waals surface area contributed by atoms with E-state index in [0.717, 1.165) is 25.9 Å². The molecule has 1 N–H and O–H groups in total. The van der Waals surface area contributed by atoms with Crippen molar-refractivity contribution in [3.05, 3.63) is 0 Å². The summed E-state index contributed by atoms with van der Waals surface area (Å²) in [5, 5.41) is 11.3. The summed E-state index contributed by atoms with van der Waals surface area (Å²) in [6.07, 6.45) is 3.34. The Balaban J connectivity index is 2.00. The molecule has 0 aromatic heterocycles. The highest BCUT2D eigenvalue weighted by molar-refractivity contribution is 5.76. The molecular formula is C10H17N3O. The molecule has 1 fully saturated rings. The Hall–Kier alpha value is -1.08. The molecule has 14 heavy (non-hydrogen) atoms. The molecule has 0 saturated heterocycles. The number of hydrogen-bond donors (Lipinski definition) is 1. The van der Waals surface area contributed by atoms with Gasteiger partial charge in [0.1, 0.15) is 0 Å². The average molecular weight is 195 g/mol. The van der Waals surface area contributed by atoms with Crippen LogP contribution in [0.25, 0.3) is 0 Å². The van der Waals surface area contributed by atoms with Gasteiger partial charge in [-0.05, 0) is 19.9 Å². The zero-order valence-corrected chi connectivity index (χ0v) is 8.62. The van der Waals surface area contributed by atoms with Crippen molar-refractivity contribution in [3.8, 4) is 6.07 Å². The molecule has 1 rings (SSSR count). The van der Waals surface area contributed by atoms with Gasteiger partial charge in [-0.15, -0.1) is 0 Å². The lowest BCUT2D eigenvalue weighted by Crippen LogP contribution is -2.30. The minimum Gasteiger partial charge on any atom is -0.353 e. The molecule has 1 saturated carbocycles. The summed E-state index contributed by atoms with van der Waals surface area (Å²) in [5.41, 5.74) is 0. The standard InChI is InChI=1S/C10H17N3O/c1-13(7-2-6-11)8-5-10(14)12-9-3-4-9/h9H,2-5,7-8H2,1H3,(H,12,14). The molecule has 0 aliphatic heterocycles. The Bertz CT molecular complexity index is 230. The van der Waals surface area contributed by atoms with Gasteiger partial charge >= 0.3 is 0 Å². The summed E-state index contributed by atoms with van der Waals surface area (Å²) >= 11 is 0. The van der Waals surface area contributed by atoms with Crippen LogP contribution in [0.2, 0.25) is 0 Å². The van der Waals surface area contributed by atoms with Crippen molar-refractivity contribution in [2.75, 3.05) is 20.1 Å². The van der Waals surface area contributed by atoms with E-state index in [-0.39, 0.29) is 5.91 Å². The summed E-state index contributed by atoms with van der Waals surface area (Å²) in [6, 6.07) is 2.54. The predicted octanol–water partition coefficient (Wildman–Crippen LogP) is 0.501. The van der Waals surface area contributed by atoms with Gasteiger partial charge in [0.05, 0.1) is 6.07 Å². The Morgan fingerprint density at radius 3 is 2.86 bits per heavy atom. The topological polar surface area (TPSA) is 56.1 Å². The van der Waals surface area contributed by atoms with Crippen molar-refractivity contribution in [2.24, 2.45) is 0 Å². The first-order valence-corrected chi connectivity index (χ1v) is 5.07. The van der Waals surface area contributed by atoms with E-state index in [9.17, 15) is 4.79 Å². The Morgan fingerprint density at radius 2 is 2.29 bits per heavy atom. The second-order valence-corrected chi connectivity index (χ2v) is 3.80. The summed E-state index contributed by atoms with van der Waals surface area (Å²) in [4.78, 5) is 13.3. The molecule has 0 bridgehead atoms. The van der Waals surface area contributed by atoms with E-state index in [4.69, 9.17) is 5.26 Å². The van der Waals surface area contributed by atoms with Crippen molar-refractivity contribution in [1.29, 1.82) is 5.26 Å². The molecule has 78 valence electrons. The van der Waals surface area contributed by atoms with Crippen molar-refractivity contribution in [1.82, 2.24) is 10.2 Å². The molecule has 0 radical (unpaired) electrons. The Labute approximate surface area is 84.9 Å². The van der Waals surface area contributed by atoms with Gasteiger partial charge in [-0.25, -0.2) is 0 Å². The molecule has 1 amide bonds. The van der Waals surface area contributed by atoms with Crippen molar-refractivity contribution in [3.63, 3.8) is 0 Å². The van der Waals surface area contributed by atoms with Gasteiger partial charge in [0.15, 0.2) is 0 Å². The highest BCUT2D eigenvalue weighted by Crippen LogP contribution is 2.18. The maximum atomic E-state index is 11.3. The summed E-state index contributed by atoms with van der Waals surface area (Å²) in [6.45, 7) is 1.48. The molecular weight excluding hydrogens is 178 g/mol. The van der Waals surface area contributed by atoms with E-state index >= 15 is 0 Å². The molecule has 0 heterocycles. The van der Waals surface area contributed by atoms with E-state index in [1.165, 1.54) is 0 Å². The van der Waals surface area contributed by atoms with Crippen molar-refractivity contribution in [2.45, 2.75) is 31.7 Å². The number of carbonyl (C=O) groups excluding carboxylic acids is 1. The molecule has 0 aromatic carbocycles. The summed E-state index contributed by atoms with van der Waals surface area (Å²) < 4.78 is 0. The number of hydrogen-bond acceptors (Lipinski definition) is 3. The van der Waals surface area contributed by atoms with E-state index in [1.54, 1.807) is 0 Å². The van der Waals surface area contributed by atoms with Crippen molar-refractivity contribution >= 4 is 5.91 Å². The minimum absolute atomic E-state index is 0.135. The lowest BCUT2D eigenvalue weighted by molar-refractivity contribution is -0.121. The number of rotatable bonds is 6. The number of carbonyl (C=O) groups is 1. The number of nitriles is 1. The maximum absolute atomic E-state index is 11.3. The molecule has 0 spiro atoms. The second kappa shape index (κ2) is 5.61. The fourth-order valence-corrected chi connectivity index (χ4v) is 1.17. The van der Waals surface area contributed by atoms with Crippen molar-refractivity contribution < 1.29 is 4.79 Å². The number of amides is 1. The normalized spacial score (nSPS) is 15.2. The van der Waals surface area contributed by atoms with Crippen LogP contribution in [0.4, 0.5) is 0 Å². The molecule has 0 atom stereocenters. The van der Waals surface area contributed by atoms with Gasteiger partial charge in [-0.3, -0.25) is 4.79 Å². The molecule has 0 unspecified atom stereocenters. The molecule has 4 heteroatoms. The van der Waals surface area contributed by atoms with E-state index in [2.05, 4.69) is 11.4 Å². The van der Waals surface area contributed by atoms with Crippen LogP contribution in [0.15, 0.2) is 0 Å². The zero-order chi connectivity index (χ0) is 10.4. The summed E-state index contributed by atoms with van der Waals surface area (Å²) in [7, 11) is 1.93. The first-order chi connectivity index (χ1) is 6.72. The SMILES string of the molecule is CN(CCC#N)CCC(=O)NC1CC1. The van der Waals surface area contributed by atoms with Crippen LogP contribution in [-0.2, 0) is 4.79 Å². The van der Waals surface area contributed by atoms with Gasteiger partial charge in [0, 0.05) is 32.0 Å². The smallest absolute Gasteiger partial charge is 0.221 e. The number of nitrogens with zero attached hydrogens (tertiary/aromatic N) is 2. The first-order valence-electron chi connectivity index (χ1n) is 5.07. The third kappa shape index (κ3) is 4.83. The van der Waals surface area contributed by atoms with Crippen LogP contribution in [0.5, 0.6) is 0 Å². The predicted molar refractivity (Wildman–Crippen MR) is 53.5 cm³/mol. The van der Waals surface area contributed by atoms with Crippen LogP contribution in [0.1, 0.15) is 25.7 Å². The van der Waals surface area contributed by atoms with Crippen LogP contribution < -0.4 is 5.32 Å². The first kappa shape index (κ1) is 11.0. The lowest BCUT2D eigenvalue weighted by atomic mass is 10.3. The molecule has 1 aliphatic carbocycles. The monoisotopic (exact) mass is 195 g/mol. The largest absolute Gasteiger partial charge is 0.353 e. The van der Waals surface area contributed by atoms with Gasteiger partial charge in [0.2, 0.25) is 5.91 Å². The Morgan fingerprint density at radius 1 is 1.57 bits per heavy atom. The third-order valence-electron chi connectivity index (χ3n) is 2.27. The average Bonchev–Trinajstić information content (AvgIpc) is 2.95. The van der Waals surface area contributed by atoms with Gasteiger partial charge in [0.25, 0.3) is 0 Å². The van der Waals surface area contributed by atoms with Gasteiger partial charge in [-0.1, -0.05) is 0 Å². The quantitative estimate of drug-likeness (QED) is 0.671. The third-order valence-corrected chi connectivity index (χ3v) is 2.27. The summed E-state index contributed by atoms with van der Waals surface area (Å²) in [5.74, 6) is 0.135. The zero-order valence-electron chi connectivity index (χ0n) is 8.62. The van der Waals surface area contributed by atoms with E-state index < -0.39 is 0 Å². The fraction of sp³-hybridized carbons (Fsp3) is 0.800. The van der Waals surface area contributed by atoms with Crippen LogP contribution >= 0.6 is 0 Å². The van der Waals surface area contributed by atoms with Gasteiger partial charge in [-0.2, -0.15) is 5.26 Å².